The van der Waals surface area contributed by atoms with Crippen LogP contribution in [0.15, 0.2) is 23.8 Å². The van der Waals surface area contributed by atoms with Crippen LogP contribution in [-0.2, 0) is 62.0 Å². The van der Waals surface area contributed by atoms with Gasteiger partial charge in [-0.15, -0.1) is 0 Å². The summed E-state index contributed by atoms with van der Waals surface area (Å²) in [7, 11) is -5.12. The largest absolute Gasteiger partial charge is 1.00 e. The minimum atomic E-state index is -5.12. The van der Waals surface area contributed by atoms with E-state index in [0.29, 0.717) is 32.1 Å². The van der Waals surface area contributed by atoms with Crippen molar-refractivity contribution in [2.45, 2.75) is 278 Å². The van der Waals surface area contributed by atoms with Crippen LogP contribution in [0, 0.1) is 40.4 Å². The van der Waals surface area contributed by atoms with Gasteiger partial charge in [-0.2, -0.15) is 0 Å². The first kappa shape index (κ1) is 71.3. The Labute approximate surface area is 524 Å². The quantitative estimate of drug-likeness (QED) is 0.0264. The van der Waals surface area contributed by atoms with Crippen LogP contribution in [0.5, 0.6) is 0 Å². The smallest absolute Gasteiger partial charge is 0.726 e. The molecule has 0 spiro atoms. The van der Waals surface area contributed by atoms with E-state index in [2.05, 4.69) is 40.3 Å². The van der Waals surface area contributed by atoms with E-state index in [1.807, 2.05) is 6.92 Å². The summed E-state index contributed by atoms with van der Waals surface area (Å²) in [5.41, 5.74) is 0.275. The summed E-state index contributed by atoms with van der Waals surface area (Å²) < 4.78 is 102. The first-order chi connectivity index (χ1) is 39.7. The van der Waals surface area contributed by atoms with E-state index < -0.39 is 200 Å². The molecule has 5 saturated heterocycles. The molecule has 0 radical (unpaired) electrons. The maximum Gasteiger partial charge on any atom is 1.00 e. The predicted octanol–water partition coefficient (Wildman–Crippen LogP) is -5.03. The standard InChI is InChI=1S/C57H94O27S.Na/c1-22(2)23(3)12-17-57(9,70)35-11-10-29-28-19-32(31-18-27(84-85(71,72)73)13-15-55(31,7)30(28)14-16-56(29,35)8)78-52-46(69)47(38(61)26(6)77-52)81-53-48(82-50-44(67)41(64)36(59)24(4)75-50)40(63)34(21-74-53)80-54-49(43(66)39(62)33(20-58)79-54)83-51-45(68)42(65)37(60)25(5)76-51;/h14,22,24-29,31-54,58-70H,3,10-13,15-21H2,1-2,4-9H3,(H,71,72,73);/q;+1/p-1/t24?,25?,26?,27-,28?,29?,31?,32-,33?,34?,35-,36?,37?,38?,39?,40?,41?,42?,43?,44?,45?,46?,47?,48?,49?,50?,51?,52?,53?,54?,55+,56-,57-;/m0./s1. The minimum absolute atomic E-state index is 0. The number of aliphatic hydroxyl groups is 13. The summed E-state index contributed by atoms with van der Waals surface area (Å²) in [6.45, 7) is 17.4. The van der Waals surface area contributed by atoms with Crippen LogP contribution in [-0.4, -0.2) is 258 Å². The molecule has 33 atom stereocenters. The summed E-state index contributed by atoms with van der Waals surface area (Å²) in [6.07, 6.45) is -35.7. The number of hydrogen-bond donors (Lipinski definition) is 13. The molecule has 8 fully saturated rings. The van der Waals surface area contributed by atoms with Gasteiger partial charge in [0.1, 0.15) is 97.7 Å². The van der Waals surface area contributed by atoms with Crippen molar-refractivity contribution in [3.05, 3.63) is 23.8 Å². The third-order valence-electron chi connectivity index (χ3n) is 20.9. The van der Waals surface area contributed by atoms with Gasteiger partial charge in [0, 0.05) is 0 Å². The number of aliphatic hydroxyl groups excluding tert-OH is 12. The fourth-order valence-electron chi connectivity index (χ4n) is 15.6. The van der Waals surface area contributed by atoms with Gasteiger partial charge >= 0.3 is 29.6 Å². The van der Waals surface area contributed by atoms with E-state index in [4.69, 9.17) is 51.6 Å². The molecular weight excluding hydrogens is 1170 g/mol. The molecule has 0 aromatic rings. The van der Waals surface area contributed by atoms with Crippen LogP contribution in [0.1, 0.15) is 113 Å². The van der Waals surface area contributed by atoms with Crippen LogP contribution in [0.4, 0.5) is 0 Å². The van der Waals surface area contributed by atoms with Gasteiger partial charge in [0.2, 0.25) is 10.4 Å². The monoisotopic (exact) mass is 1260 g/mol. The second kappa shape index (κ2) is 27.8. The molecule has 29 heteroatoms. The Morgan fingerprint density at radius 1 is 0.674 bits per heavy atom. The molecule has 0 bridgehead atoms. The van der Waals surface area contributed by atoms with E-state index in [9.17, 15) is 79.4 Å². The van der Waals surface area contributed by atoms with Crippen molar-refractivity contribution in [3.8, 4) is 0 Å². The van der Waals surface area contributed by atoms with E-state index in [0.717, 1.165) is 18.4 Å². The molecule has 0 aromatic heterocycles. The van der Waals surface area contributed by atoms with E-state index in [-0.39, 0.29) is 71.5 Å². The van der Waals surface area contributed by atoms with Gasteiger partial charge < -0.3 is 118 Å². The van der Waals surface area contributed by atoms with E-state index in [1.165, 1.54) is 26.3 Å². The molecule has 0 amide bonds. The molecule has 13 N–H and O–H groups in total. The van der Waals surface area contributed by atoms with Crippen molar-refractivity contribution in [1.82, 2.24) is 0 Å². The molecule has 490 valence electrons. The average molecular weight is 1270 g/mol. The Kier molecular flexibility index (Phi) is 23.0. The maximum absolute atomic E-state index is 12.4. The summed E-state index contributed by atoms with van der Waals surface area (Å²) in [5, 5.41) is 145. The number of ether oxygens (including phenoxy) is 10. The zero-order chi connectivity index (χ0) is 62.3. The fraction of sp³-hybridized carbons (Fsp3) is 0.930. The van der Waals surface area contributed by atoms with E-state index >= 15 is 0 Å². The predicted molar refractivity (Wildman–Crippen MR) is 288 cm³/mol. The van der Waals surface area contributed by atoms with Crippen molar-refractivity contribution in [2.75, 3.05) is 13.2 Å². The molecule has 5 aliphatic heterocycles. The van der Waals surface area contributed by atoms with Crippen LogP contribution >= 0.6 is 0 Å². The van der Waals surface area contributed by atoms with Crippen LogP contribution < -0.4 is 29.6 Å². The van der Waals surface area contributed by atoms with Gasteiger partial charge in [0.15, 0.2) is 31.5 Å². The molecule has 86 heavy (non-hydrogen) atoms. The first-order valence-electron chi connectivity index (χ1n) is 30.1. The van der Waals surface area contributed by atoms with Crippen LogP contribution in [0.3, 0.4) is 0 Å². The molecule has 0 aromatic carbocycles. The van der Waals surface area contributed by atoms with Crippen LogP contribution in [0.25, 0.3) is 0 Å². The Hall–Kier alpha value is -0.570. The summed E-state index contributed by atoms with van der Waals surface area (Å²) in [6, 6.07) is 0. The van der Waals surface area contributed by atoms with Crippen LogP contribution in [0.2, 0.25) is 0 Å². The number of allylic oxidation sites excluding steroid dienone is 3. The van der Waals surface area contributed by atoms with Gasteiger partial charge in [-0.05, 0) is 126 Å². The Morgan fingerprint density at radius 2 is 1.22 bits per heavy atom. The second-order valence-electron chi connectivity index (χ2n) is 26.6. The van der Waals surface area contributed by atoms with Gasteiger partial charge in [-0.1, -0.05) is 51.5 Å². The van der Waals surface area contributed by atoms with Crippen molar-refractivity contribution in [2.24, 2.45) is 40.4 Å². The van der Waals surface area contributed by atoms with Crippen molar-refractivity contribution in [1.29, 1.82) is 0 Å². The summed E-state index contributed by atoms with van der Waals surface area (Å²) >= 11 is 0. The third-order valence-corrected chi connectivity index (χ3v) is 21.4. The molecule has 4 aliphatic carbocycles. The number of rotatable bonds is 18. The molecule has 3 saturated carbocycles. The van der Waals surface area contributed by atoms with Crippen molar-refractivity contribution < 1.29 is 160 Å². The van der Waals surface area contributed by atoms with Gasteiger partial charge in [0.05, 0.1) is 49.3 Å². The Bertz CT molecular complexity index is 2430. The van der Waals surface area contributed by atoms with Gasteiger partial charge in [0.25, 0.3) is 0 Å². The van der Waals surface area contributed by atoms with Gasteiger partial charge in [-0.25, -0.2) is 8.42 Å². The summed E-state index contributed by atoms with van der Waals surface area (Å²) in [4.78, 5) is 0. The van der Waals surface area contributed by atoms with Gasteiger partial charge in [-0.3, -0.25) is 4.18 Å². The molecular formula is C57H93NaO27S. The molecule has 9 rings (SSSR count). The zero-order valence-corrected chi connectivity index (χ0v) is 53.2. The normalized spacial score (nSPS) is 50.7. The number of hydrogen-bond acceptors (Lipinski definition) is 27. The average Bonchev–Trinajstić information content (AvgIpc) is 1.31. The topological polar surface area (TPSA) is 422 Å². The van der Waals surface area contributed by atoms with Crippen molar-refractivity contribution >= 4 is 10.4 Å². The maximum atomic E-state index is 12.4. The van der Waals surface area contributed by atoms with E-state index in [1.54, 1.807) is 0 Å². The minimum Gasteiger partial charge on any atom is -0.726 e. The summed E-state index contributed by atoms with van der Waals surface area (Å²) in [5.74, 6) is -0.318. The Balaban J connectivity index is 0.00000961. The molecule has 27 unspecified atom stereocenters. The molecule has 27 nitrogen and oxygen atoms in total. The second-order valence-corrected chi connectivity index (χ2v) is 27.7. The van der Waals surface area contributed by atoms with Crippen molar-refractivity contribution in [3.63, 3.8) is 0 Å². The molecule has 9 aliphatic rings. The SMILES string of the molecule is C=C(CC[C@](C)(O)[C@H]1CCC2C3C[C@H](OC4OC(C)C(O)C(OC5OCC(OC6OC(CO)C(O)C(O)C6OC6OC(C)C(O)C(O)C6O)C(O)C5OC5OC(C)C(O)C(O)C5O)C4O)C4C[C@@H](OS(=O)(=O)[O-])CC[C@]4(C)C3=CC[C@@]21C)C(C)C.[Na+]. The third kappa shape index (κ3) is 14.1. The fourth-order valence-corrected chi connectivity index (χ4v) is 16.1. The first-order valence-corrected chi connectivity index (χ1v) is 31.4. The number of fused-ring (bicyclic) bond motifs is 5. The zero-order valence-electron chi connectivity index (χ0n) is 50.4. The molecule has 5 heterocycles. The Morgan fingerprint density at radius 3 is 1.79 bits per heavy atom.